The summed E-state index contributed by atoms with van der Waals surface area (Å²) in [5.41, 5.74) is 0.126. The smallest absolute Gasteiger partial charge is 0.410 e. The highest BCUT2D eigenvalue weighted by Gasteiger charge is 2.35. The van der Waals surface area contributed by atoms with Crippen molar-refractivity contribution in [2.75, 3.05) is 18.4 Å². The third kappa shape index (κ3) is 5.33. The Bertz CT molecular complexity index is 1010. The van der Waals surface area contributed by atoms with Crippen molar-refractivity contribution in [1.29, 1.82) is 0 Å². The van der Waals surface area contributed by atoms with Gasteiger partial charge in [-0.1, -0.05) is 19.0 Å². The Morgan fingerprint density at radius 2 is 1.97 bits per heavy atom. The molecule has 1 aliphatic heterocycles. The Kier molecular flexibility index (Phi) is 6.47. The highest BCUT2D eigenvalue weighted by atomic mass is 16.6. The molecule has 1 aliphatic rings. The number of carbonyl (C=O) groups is 2. The van der Waals surface area contributed by atoms with Gasteiger partial charge in [-0.05, 0) is 32.9 Å². The van der Waals surface area contributed by atoms with Gasteiger partial charge in [-0.15, -0.1) is 0 Å². The lowest BCUT2D eigenvalue weighted by Crippen LogP contribution is -2.52. The Hall–Kier alpha value is -3.56. The fourth-order valence-corrected chi connectivity index (χ4v) is 2.81. The van der Waals surface area contributed by atoms with Gasteiger partial charge in [0.15, 0.2) is 11.5 Å². The van der Waals surface area contributed by atoms with Crippen LogP contribution in [-0.2, 0) is 4.74 Å². The van der Waals surface area contributed by atoms with Crippen molar-refractivity contribution >= 4 is 17.7 Å². The number of amides is 2. The van der Waals surface area contributed by atoms with Crippen molar-refractivity contribution in [3.8, 4) is 11.5 Å². The Morgan fingerprint density at radius 1 is 1.23 bits per heavy atom. The molecule has 0 spiro atoms. The van der Waals surface area contributed by atoms with Crippen molar-refractivity contribution < 1.29 is 23.3 Å². The summed E-state index contributed by atoms with van der Waals surface area (Å²) in [6.07, 6.45) is 4.42. The number of nitrogens with zero attached hydrogens (tertiary/aromatic N) is 4. The van der Waals surface area contributed by atoms with E-state index in [1.54, 1.807) is 34.1 Å². The maximum atomic E-state index is 12.4. The SMILES string of the molecule is CC.CC(C)(C)OC(=O)N1CC(n2cc(NC(=O)c3cc(-c4ccco4)on3)cn2)C1. The largest absolute Gasteiger partial charge is 0.461 e. The van der Waals surface area contributed by atoms with E-state index in [-0.39, 0.29) is 17.8 Å². The number of hydrogen-bond donors (Lipinski definition) is 1. The molecule has 1 N–H and O–H groups in total. The van der Waals surface area contributed by atoms with Crippen LogP contribution in [0, 0.1) is 0 Å². The second kappa shape index (κ2) is 9.07. The molecule has 166 valence electrons. The summed E-state index contributed by atoms with van der Waals surface area (Å²) in [5, 5.41) is 10.8. The van der Waals surface area contributed by atoms with Crippen LogP contribution >= 0.6 is 0 Å². The van der Waals surface area contributed by atoms with Crippen LogP contribution < -0.4 is 5.32 Å². The van der Waals surface area contributed by atoms with Crippen LogP contribution in [0.2, 0.25) is 0 Å². The van der Waals surface area contributed by atoms with Crippen LogP contribution in [0.1, 0.15) is 51.1 Å². The number of anilines is 1. The van der Waals surface area contributed by atoms with Crippen LogP contribution in [0.15, 0.2) is 45.8 Å². The standard InChI is InChI=1S/C19H21N5O5.C2H6/c1-19(2,3)28-18(26)23-10-13(11-23)24-9-12(8-20-24)21-17(25)14-7-16(29-22-14)15-5-4-6-27-15;1-2/h4-9,13H,10-11H2,1-3H3,(H,21,25);1-2H3. The molecule has 10 heteroatoms. The number of carbonyl (C=O) groups excluding carboxylic acids is 2. The number of hydrogen-bond acceptors (Lipinski definition) is 7. The van der Waals surface area contributed by atoms with Gasteiger partial charge < -0.3 is 23.9 Å². The van der Waals surface area contributed by atoms with E-state index in [2.05, 4.69) is 15.6 Å². The lowest BCUT2D eigenvalue weighted by atomic mass is 10.1. The van der Waals surface area contributed by atoms with Crippen molar-refractivity contribution in [3.05, 3.63) is 42.5 Å². The third-order valence-electron chi connectivity index (χ3n) is 4.25. The number of furan rings is 1. The van der Waals surface area contributed by atoms with Gasteiger partial charge in [-0.3, -0.25) is 9.48 Å². The van der Waals surface area contributed by atoms with Gasteiger partial charge in [0, 0.05) is 25.4 Å². The molecular formula is C21H27N5O5. The minimum absolute atomic E-state index is 0.0331. The highest BCUT2D eigenvalue weighted by Crippen LogP contribution is 2.25. The fourth-order valence-electron chi connectivity index (χ4n) is 2.81. The van der Waals surface area contributed by atoms with Crippen molar-refractivity contribution in [2.45, 2.75) is 46.3 Å². The predicted octanol–water partition coefficient (Wildman–Crippen LogP) is 4.20. The highest BCUT2D eigenvalue weighted by molar-refractivity contribution is 6.03. The van der Waals surface area contributed by atoms with Crippen molar-refractivity contribution in [2.24, 2.45) is 0 Å². The first-order valence-corrected chi connectivity index (χ1v) is 10.1. The van der Waals surface area contributed by atoms with E-state index < -0.39 is 11.5 Å². The van der Waals surface area contributed by atoms with Crippen LogP contribution in [-0.4, -0.2) is 50.5 Å². The second-order valence-electron chi connectivity index (χ2n) is 7.76. The van der Waals surface area contributed by atoms with E-state index in [1.165, 1.54) is 12.3 Å². The molecular weight excluding hydrogens is 402 g/mol. The molecule has 4 heterocycles. The van der Waals surface area contributed by atoms with E-state index >= 15 is 0 Å². The Morgan fingerprint density at radius 3 is 2.61 bits per heavy atom. The molecule has 0 bridgehead atoms. The molecule has 4 rings (SSSR count). The van der Waals surface area contributed by atoms with Gasteiger partial charge in [-0.25, -0.2) is 4.79 Å². The van der Waals surface area contributed by atoms with Crippen LogP contribution in [0.5, 0.6) is 0 Å². The monoisotopic (exact) mass is 429 g/mol. The van der Waals surface area contributed by atoms with E-state index in [9.17, 15) is 9.59 Å². The van der Waals surface area contributed by atoms with Crippen LogP contribution in [0.3, 0.4) is 0 Å². The van der Waals surface area contributed by atoms with E-state index in [1.807, 2.05) is 34.6 Å². The summed E-state index contributed by atoms with van der Waals surface area (Å²) in [7, 11) is 0. The third-order valence-corrected chi connectivity index (χ3v) is 4.25. The number of aromatic nitrogens is 3. The molecule has 2 amide bonds. The number of likely N-dealkylation sites (tertiary alicyclic amines) is 1. The molecule has 31 heavy (non-hydrogen) atoms. The summed E-state index contributed by atoms with van der Waals surface area (Å²) in [6.45, 7) is 10.5. The first kappa shape index (κ1) is 22.1. The van der Waals surface area contributed by atoms with Gasteiger partial charge in [-0.2, -0.15) is 5.10 Å². The predicted molar refractivity (Wildman–Crippen MR) is 113 cm³/mol. The maximum Gasteiger partial charge on any atom is 0.410 e. The average Bonchev–Trinajstić information content (AvgIpc) is 3.42. The molecule has 3 aromatic heterocycles. The number of nitrogens with one attached hydrogen (secondary N) is 1. The molecule has 0 saturated carbocycles. The van der Waals surface area contributed by atoms with Crippen molar-refractivity contribution in [1.82, 2.24) is 19.8 Å². The summed E-state index contributed by atoms with van der Waals surface area (Å²) in [6, 6.07) is 4.97. The topological polar surface area (TPSA) is 116 Å². The molecule has 0 aromatic carbocycles. The van der Waals surface area contributed by atoms with E-state index in [0.717, 1.165) is 0 Å². The molecule has 10 nitrogen and oxygen atoms in total. The first-order valence-electron chi connectivity index (χ1n) is 10.1. The lowest BCUT2D eigenvalue weighted by Gasteiger charge is -2.39. The molecule has 0 unspecified atom stereocenters. The van der Waals surface area contributed by atoms with E-state index in [4.69, 9.17) is 13.7 Å². The minimum atomic E-state index is -0.525. The van der Waals surface area contributed by atoms with Gasteiger partial charge in [0.05, 0.1) is 24.2 Å². The summed E-state index contributed by atoms with van der Waals surface area (Å²) < 4.78 is 17.4. The van der Waals surface area contributed by atoms with Gasteiger partial charge in [0.25, 0.3) is 5.91 Å². The summed E-state index contributed by atoms with van der Waals surface area (Å²) >= 11 is 0. The molecule has 1 saturated heterocycles. The van der Waals surface area contributed by atoms with Crippen LogP contribution in [0.25, 0.3) is 11.5 Å². The van der Waals surface area contributed by atoms with Gasteiger partial charge in [0.2, 0.25) is 5.76 Å². The quantitative estimate of drug-likeness (QED) is 0.661. The molecule has 3 aromatic rings. The molecule has 0 radical (unpaired) electrons. The van der Waals surface area contributed by atoms with E-state index in [0.29, 0.717) is 30.3 Å². The van der Waals surface area contributed by atoms with Gasteiger partial charge >= 0.3 is 6.09 Å². The Labute approximate surface area is 180 Å². The van der Waals surface area contributed by atoms with Crippen molar-refractivity contribution in [3.63, 3.8) is 0 Å². The first-order chi connectivity index (χ1) is 14.8. The zero-order chi connectivity index (χ0) is 22.6. The zero-order valence-corrected chi connectivity index (χ0v) is 18.3. The summed E-state index contributed by atoms with van der Waals surface area (Å²) in [4.78, 5) is 26.0. The van der Waals surface area contributed by atoms with Gasteiger partial charge in [0.1, 0.15) is 5.60 Å². The summed E-state index contributed by atoms with van der Waals surface area (Å²) in [5.74, 6) is 0.437. The minimum Gasteiger partial charge on any atom is -0.461 e. The fraction of sp³-hybridized carbons (Fsp3) is 0.429. The Balaban J connectivity index is 0.00000132. The number of rotatable bonds is 4. The molecule has 0 aliphatic carbocycles. The molecule has 0 atom stereocenters. The van der Waals surface area contributed by atoms with Crippen LogP contribution in [0.4, 0.5) is 10.5 Å². The average molecular weight is 429 g/mol. The zero-order valence-electron chi connectivity index (χ0n) is 18.3. The second-order valence-corrected chi connectivity index (χ2v) is 7.76. The number of ether oxygens (including phenoxy) is 1. The lowest BCUT2D eigenvalue weighted by molar-refractivity contribution is -0.000382. The normalized spacial score (nSPS) is 13.8. The molecule has 1 fully saturated rings. The maximum absolute atomic E-state index is 12.4.